The highest BCUT2D eigenvalue weighted by Gasteiger charge is 2.14. The lowest BCUT2D eigenvalue weighted by Gasteiger charge is -2.07. The molecule has 0 saturated carbocycles. The Hall–Kier alpha value is -2.87. The van der Waals surface area contributed by atoms with Gasteiger partial charge in [-0.2, -0.15) is 0 Å². The molecule has 0 spiro atoms. The first-order chi connectivity index (χ1) is 10.0. The molecule has 8 heteroatoms. The Balaban J connectivity index is 2.21. The fourth-order valence-electron chi connectivity index (χ4n) is 1.64. The van der Waals surface area contributed by atoms with Crippen LogP contribution in [-0.4, -0.2) is 15.8 Å². The van der Waals surface area contributed by atoms with E-state index >= 15 is 0 Å². The zero-order valence-corrected chi connectivity index (χ0v) is 10.7. The number of aromatic nitrogens is 1. The maximum atomic E-state index is 13.7. The fourth-order valence-corrected chi connectivity index (χ4v) is 1.64. The Morgan fingerprint density at radius 1 is 1.38 bits per heavy atom. The Kier molecular flexibility index (Phi) is 4.19. The van der Waals surface area contributed by atoms with Crippen LogP contribution in [0.2, 0.25) is 0 Å². The van der Waals surface area contributed by atoms with Gasteiger partial charge in [-0.3, -0.25) is 19.9 Å². The number of benzene rings is 1. The lowest BCUT2D eigenvalue weighted by Crippen LogP contribution is -2.14. The molecule has 0 bridgehead atoms. The molecule has 0 radical (unpaired) electrons. The van der Waals surface area contributed by atoms with Gasteiger partial charge in [-0.05, 0) is 18.2 Å². The van der Waals surface area contributed by atoms with Gasteiger partial charge in [-0.25, -0.2) is 4.39 Å². The van der Waals surface area contributed by atoms with E-state index < -0.39 is 16.6 Å². The van der Waals surface area contributed by atoms with Crippen molar-refractivity contribution in [3.63, 3.8) is 0 Å². The number of nitrogens with two attached hydrogens (primary N) is 1. The highest BCUT2D eigenvalue weighted by molar-refractivity contribution is 6.04. The SMILES string of the molecule is NCc1cc(C(=O)Nc2ccc([N+](=O)[O-])cc2F)ccn1. The maximum absolute atomic E-state index is 13.7. The quantitative estimate of drug-likeness (QED) is 0.659. The summed E-state index contributed by atoms with van der Waals surface area (Å²) in [6, 6.07) is 5.93. The van der Waals surface area contributed by atoms with Crippen molar-refractivity contribution in [3.05, 3.63) is 63.7 Å². The van der Waals surface area contributed by atoms with Crippen molar-refractivity contribution in [3.8, 4) is 0 Å². The lowest BCUT2D eigenvalue weighted by molar-refractivity contribution is -0.385. The van der Waals surface area contributed by atoms with Gasteiger partial charge in [-0.15, -0.1) is 0 Å². The predicted octanol–water partition coefficient (Wildman–Crippen LogP) is 1.84. The Morgan fingerprint density at radius 3 is 2.76 bits per heavy atom. The Bertz CT molecular complexity index is 706. The maximum Gasteiger partial charge on any atom is 0.272 e. The van der Waals surface area contributed by atoms with Gasteiger partial charge >= 0.3 is 0 Å². The zero-order chi connectivity index (χ0) is 15.4. The third kappa shape index (κ3) is 3.37. The van der Waals surface area contributed by atoms with E-state index in [1.807, 2.05) is 0 Å². The van der Waals surface area contributed by atoms with Crippen LogP contribution >= 0.6 is 0 Å². The van der Waals surface area contributed by atoms with Crippen molar-refractivity contribution in [1.82, 2.24) is 4.98 Å². The first kappa shape index (κ1) is 14.5. The minimum absolute atomic E-state index is 0.142. The summed E-state index contributed by atoms with van der Waals surface area (Å²) in [6.07, 6.45) is 1.42. The lowest BCUT2D eigenvalue weighted by atomic mass is 10.2. The van der Waals surface area contributed by atoms with Gasteiger partial charge in [-0.1, -0.05) is 0 Å². The number of carbonyl (C=O) groups is 1. The number of anilines is 1. The van der Waals surface area contributed by atoms with Gasteiger partial charge in [0.25, 0.3) is 11.6 Å². The van der Waals surface area contributed by atoms with Crippen LogP contribution in [-0.2, 0) is 6.54 Å². The number of nitrogens with one attached hydrogen (secondary N) is 1. The highest BCUT2D eigenvalue weighted by Crippen LogP contribution is 2.21. The van der Waals surface area contributed by atoms with E-state index in [1.165, 1.54) is 18.3 Å². The molecule has 1 aromatic heterocycles. The summed E-state index contributed by atoms with van der Waals surface area (Å²) < 4.78 is 13.7. The van der Waals surface area contributed by atoms with E-state index in [2.05, 4.69) is 10.3 Å². The van der Waals surface area contributed by atoms with E-state index in [-0.39, 0.29) is 23.5 Å². The topological polar surface area (TPSA) is 111 Å². The minimum Gasteiger partial charge on any atom is -0.325 e. The molecule has 2 rings (SSSR count). The Labute approximate surface area is 118 Å². The standard InChI is InChI=1S/C13H11FN4O3/c14-11-6-10(18(20)21)1-2-12(11)17-13(19)8-3-4-16-9(5-8)7-15/h1-6H,7,15H2,(H,17,19). The van der Waals surface area contributed by atoms with Gasteiger partial charge in [0.2, 0.25) is 0 Å². The summed E-state index contributed by atoms with van der Waals surface area (Å²) in [5, 5.41) is 12.9. The van der Waals surface area contributed by atoms with Crippen molar-refractivity contribution in [2.45, 2.75) is 6.54 Å². The van der Waals surface area contributed by atoms with Gasteiger partial charge in [0.1, 0.15) is 0 Å². The molecule has 0 atom stereocenters. The second-order valence-electron chi connectivity index (χ2n) is 4.12. The largest absolute Gasteiger partial charge is 0.325 e. The molecule has 0 fully saturated rings. The van der Waals surface area contributed by atoms with Crippen molar-refractivity contribution < 1.29 is 14.1 Å². The molecular formula is C13H11FN4O3. The number of nitrogens with zero attached hydrogens (tertiary/aromatic N) is 2. The van der Waals surface area contributed by atoms with E-state index in [9.17, 15) is 19.3 Å². The molecule has 7 nitrogen and oxygen atoms in total. The minimum atomic E-state index is -0.884. The number of carbonyl (C=O) groups excluding carboxylic acids is 1. The number of non-ortho nitro benzene ring substituents is 1. The average molecular weight is 290 g/mol. The number of rotatable bonds is 4. The summed E-state index contributed by atoms with van der Waals surface area (Å²) in [6.45, 7) is 0.174. The van der Waals surface area contributed by atoms with E-state index in [0.717, 1.165) is 18.2 Å². The molecule has 1 amide bonds. The smallest absolute Gasteiger partial charge is 0.272 e. The number of halogens is 1. The van der Waals surface area contributed by atoms with Gasteiger partial charge < -0.3 is 11.1 Å². The fraction of sp³-hybridized carbons (Fsp3) is 0.0769. The summed E-state index contributed by atoms with van der Waals surface area (Å²) in [5.74, 6) is -1.44. The second kappa shape index (κ2) is 6.06. The third-order valence-electron chi connectivity index (χ3n) is 2.70. The first-order valence-electron chi connectivity index (χ1n) is 5.91. The molecule has 0 aliphatic rings. The predicted molar refractivity (Wildman–Crippen MR) is 73.1 cm³/mol. The summed E-state index contributed by atoms with van der Waals surface area (Å²) in [4.78, 5) is 25.7. The molecule has 1 heterocycles. The molecule has 21 heavy (non-hydrogen) atoms. The number of nitro benzene ring substituents is 1. The molecule has 2 aromatic rings. The van der Waals surface area contributed by atoms with E-state index in [0.29, 0.717) is 5.69 Å². The van der Waals surface area contributed by atoms with Gasteiger partial charge in [0.15, 0.2) is 5.82 Å². The van der Waals surface area contributed by atoms with Crippen molar-refractivity contribution in [2.75, 3.05) is 5.32 Å². The molecule has 0 aliphatic carbocycles. The van der Waals surface area contributed by atoms with Gasteiger partial charge in [0.05, 0.1) is 22.4 Å². The molecule has 1 aromatic carbocycles. The third-order valence-corrected chi connectivity index (χ3v) is 2.70. The number of hydrogen-bond acceptors (Lipinski definition) is 5. The zero-order valence-electron chi connectivity index (χ0n) is 10.7. The van der Waals surface area contributed by atoms with Crippen molar-refractivity contribution >= 4 is 17.3 Å². The second-order valence-corrected chi connectivity index (χ2v) is 4.12. The monoisotopic (exact) mass is 290 g/mol. The first-order valence-corrected chi connectivity index (χ1v) is 5.91. The number of nitro groups is 1. The van der Waals surface area contributed by atoms with Crippen LogP contribution in [0.3, 0.4) is 0 Å². The number of amides is 1. The molecule has 0 saturated heterocycles. The van der Waals surface area contributed by atoms with E-state index in [1.54, 1.807) is 0 Å². The average Bonchev–Trinajstić information content (AvgIpc) is 2.49. The Morgan fingerprint density at radius 2 is 2.14 bits per heavy atom. The van der Waals surface area contributed by atoms with Crippen LogP contribution < -0.4 is 11.1 Å². The van der Waals surface area contributed by atoms with Crippen LogP contribution in [0, 0.1) is 15.9 Å². The summed E-state index contributed by atoms with van der Waals surface area (Å²) in [7, 11) is 0. The molecule has 108 valence electrons. The van der Waals surface area contributed by atoms with Crippen LogP contribution in [0.15, 0.2) is 36.5 Å². The molecule has 0 aliphatic heterocycles. The van der Waals surface area contributed by atoms with Crippen molar-refractivity contribution in [2.24, 2.45) is 5.73 Å². The van der Waals surface area contributed by atoms with Crippen LogP contribution in [0.4, 0.5) is 15.8 Å². The molecule has 0 unspecified atom stereocenters. The molecular weight excluding hydrogens is 279 g/mol. The van der Waals surface area contributed by atoms with Crippen LogP contribution in [0.1, 0.15) is 16.1 Å². The van der Waals surface area contributed by atoms with Crippen LogP contribution in [0.25, 0.3) is 0 Å². The van der Waals surface area contributed by atoms with Crippen LogP contribution in [0.5, 0.6) is 0 Å². The summed E-state index contributed by atoms with van der Waals surface area (Å²) in [5.41, 5.74) is 5.68. The number of pyridine rings is 1. The summed E-state index contributed by atoms with van der Waals surface area (Å²) >= 11 is 0. The van der Waals surface area contributed by atoms with Gasteiger partial charge in [0, 0.05) is 24.4 Å². The van der Waals surface area contributed by atoms with E-state index in [4.69, 9.17) is 5.73 Å². The van der Waals surface area contributed by atoms with Crippen molar-refractivity contribution in [1.29, 1.82) is 0 Å². The normalized spacial score (nSPS) is 10.2. The molecule has 3 N–H and O–H groups in total. The highest BCUT2D eigenvalue weighted by atomic mass is 19.1. The number of hydrogen-bond donors (Lipinski definition) is 2.